The molecule has 0 bridgehead atoms. The van der Waals surface area contributed by atoms with Crippen LogP contribution >= 0.6 is 0 Å². The average Bonchev–Trinajstić information content (AvgIpc) is 3.75. The van der Waals surface area contributed by atoms with Gasteiger partial charge >= 0.3 is 17.9 Å². The van der Waals surface area contributed by atoms with Gasteiger partial charge in [0.25, 0.3) is 6.29 Å². The number of hydrogen-bond acceptors (Lipinski definition) is 7. The number of carboxylic acid groups (broad SMARTS) is 1. The van der Waals surface area contributed by atoms with Crippen molar-refractivity contribution in [1.82, 2.24) is 0 Å². The van der Waals surface area contributed by atoms with Crippen LogP contribution in [0.1, 0.15) is 438 Å². The molecule has 0 saturated heterocycles. The van der Waals surface area contributed by atoms with Gasteiger partial charge in [-0.1, -0.05) is 410 Å². The lowest BCUT2D eigenvalue weighted by atomic mass is 10.0. The number of likely N-dealkylation sites (N-methyl/N-ethyl adjacent to an activating group) is 1. The van der Waals surface area contributed by atoms with E-state index in [2.05, 4.69) is 50.3 Å². The van der Waals surface area contributed by atoms with E-state index in [-0.39, 0.29) is 38.2 Å². The van der Waals surface area contributed by atoms with Crippen LogP contribution in [0.15, 0.2) is 36.5 Å². The van der Waals surface area contributed by atoms with Gasteiger partial charge in [-0.3, -0.25) is 9.59 Å². The minimum atomic E-state index is -1.51. The minimum Gasteiger partial charge on any atom is -0.477 e. The van der Waals surface area contributed by atoms with E-state index in [1.807, 2.05) is 21.1 Å². The monoisotopic (exact) mass is 1340 g/mol. The summed E-state index contributed by atoms with van der Waals surface area (Å²) in [6.07, 6.45) is 97.5. The summed E-state index contributed by atoms with van der Waals surface area (Å²) in [5, 5.41) is 9.78. The lowest BCUT2D eigenvalue weighted by Gasteiger charge is -2.25. The summed E-state index contributed by atoms with van der Waals surface area (Å²) in [5.41, 5.74) is 0. The van der Waals surface area contributed by atoms with Crippen LogP contribution in [-0.4, -0.2) is 87.4 Å². The number of hydrogen-bond donors (Lipinski definition) is 1. The Morgan fingerprint density at radius 3 is 0.842 bits per heavy atom. The number of esters is 2. The summed E-state index contributed by atoms with van der Waals surface area (Å²) in [6.45, 7) is 4.96. The van der Waals surface area contributed by atoms with Gasteiger partial charge in [0.2, 0.25) is 0 Å². The number of ether oxygens (including phenoxy) is 4. The second-order valence-corrected chi connectivity index (χ2v) is 30.2. The van der Waals surface area contributed by atoms with Gasteiger partial charge in [-0.25, -0.2) is 4.79 Å². The SMILES string of the molecule is CCCCCCC/C=C\C/C=C\C/C=C\CCCCCCCCCCCCCCCCCCCCCCCCC(=O)OC(COC(=O)CCCCCCCCCCCCCCCCCCCCCCCCCCCCCCCCCCC)COC(OCC[N+](C)(C)C)C(=O)O. The first-order chi connectivity index (χ1) is 46.6. The molecule has 0 aliphatic rings. The fraction of sp³-hybridized carbons (Fsp3) is 0.895. The first kappa shape index (κ1) is 92.5. The predicted molar refractivity (Wildman–Crippen MR) is 411 cm³/mol. The number of rotatable bonds is 80. The van der Waals surface area contributed by atoms with Crippen LogP contribution in [0.2, 0.25) is 0 Å². The number of allylic oxidation sites excluding steroid dienone is 6. The molecule has 0 aromatic carbocycles. The van der Waals surface area contributed by atoms with Gasteiger partial charge in [0.05, 0.1) is 34.4 Å². The number of carbonyl (C=O) groups excluding carboxylic acids is 2. The van der Waals surface area contributed by atoms with Crippen molar-refractivity contribution >= 4 is 17.9 Å². The molecule has 0 aliphatic carbocycles. The molecule has 0 saturated carbocycles. The Balaban J connectivity index is 3.94. The zero-order valence-electron chi connectivity index (χ0n) is 64.4. The van der Waals surface area contributed by atoms with Crippen LogP contribution in [0.25, 0.3) is 0 Å². The number of carboxylic acids is 1. The predicted octanol–water partition coefficient (Wildman–Crippen LogP) is 27.0. The second kappa shape index (κ2) is 77.3. The summed E-state index contributed by atoms with van der Waals surface area (Å²) >= 11 is 0. The first-order valence-electron chi connectivity index (χ1n) is 42.2. The minimum absolute atomic E-state index is 0.174. The maximum atomic E-state index is 13.0. The second-order valence-electron chi connectivity index (χ2n) is 30.2. The zero-order chi connectivity index (χ0) is 69.0. The summed E-state index contributed by atoms with van der Waals surface area (Å²) < 4.78 is 23.1. The molecule has 9 nitrogen and oxygen atoms in total. The molecule has 0 amide bonds. The Hall–Kier alpha value is -2.49. The highest BCUT2D eigenvalue weighted by Gasteiger charge is 2.25. The number of unbranched alkanes of at least 4 members (excludes halogenated alkanes) is 59. The molecular formula is C86H164NO8+. The molecule has 0 rings (SSSR count). The Morgan fingerprint density at radius 2 is 0.568 bits per heavy atom. The summed E-state index contributed by atoms with van der Waals surface area (Å²) in [5.74, 6) is -1.97. The van der Waals surface area contributed by atoms with Gasteiger partial charge in [0, 0.05) is 12.8 Å². The molecule has 560 valence electrons. The molecule has 0 aromatic rings. The van der Waals surface area contributed by atoms with Crippen molar-refractivity contribution in [3.63, 3.8) is 0 Å². The third-order valence-electron chi connectivity index (χ3n) is 19.4. The molecule has 0 fully saturated rings. The number of carbonyl (C=O) groups is 3. The number of aliphatic carboxylic acids is 1. The fourth-order valence-electron chi connectivity index (χ4n) is 13.0. The lowest BCUT2D eigenvalue weighted by Crippen LogP contribution is -2.40. The van der Waals surface area contributed by atoms with Crippen LogP contribution in [0.4, 0.5) is 0 Å². The van der Waals surface area contributed by atoms with E-state index < -0.39 is 18.4 Å². The molecule has 95 heavy (non-hydrogen) atoms. The van der Waals surface area contributed by atoms with Gasteiger partial charge in [-0.05, 0) is 51.4 Å². The highest BCUT2D eigenvalue weighted by molar-refractivity contribution is 5.71. The molecule has 0 spiro atoms. The molecule has 1 N–H and O–H groups in total. The fourth-order valence-corrected chi connectivity index (χ4v) is 13.0. The normalized spacial score (nSPS) is 12.7. The van der Waals surface area contributed by atoms with E-state index in [1.54, 1.807) is 0 Å². The van der Waals surface area contributed by atoms with Crippen LogP contribution in [0.5, 0.6) is 0 Å². The molecular weight excluding hydrogens is 1170 g/mol. The molecule has 9 heteroatoms. The highest BCUT2D eigenvalue weighted by Crippen LogP contribution is 2.21. The van der Waals surface area contributed by atoms with Crippen molar-refractivity contribution in [3.05, 3.63) is 36.5 Å². The van der Waals surface area contributed by atoms with Crippen LogP contribution in [0.3, 0.4) is 0 Å². The molecule has 0 heterocycles. The maximum absolute atomic E-state index is 13.0. The van der Waals surface area contributed by atoms with E-state index in [9.17, 15) is 19.5 Å². The van der Waals surface area contributed by atoms with Gasteiger partial charge < -0.3 is 28.5 Å². The molecule has 0 radical (unpaired) electrons. The van der Waals surface area contributed by atoms with E-state index in [0.717, 1.165) is 51.4 Å². The van der Waals surface area contributed by atoms with E-state index in [4.69, 9.17) is 18.9 Å². The largest absolute Gasteiger partial charge is 0.477 e. The Kier molecular flexibility index (Phi) is 75.2. The zero-order valence-corrected chi connectivity index (χ0v) is 64.4. The third-order valence-corrected chi connectivity index (χ3v) is 19.4. The third kappa shape index (κ3) is 78.7. The Morgan fingerprint density at radius 1 is 0.316 bits per heavy atom. The first-order valence-corrected chi connectivity index (χ1v) is 42.2. The van der Waals surface area contributed by atoms with Crippen molar-refractivity contribution in [2.75, 3.05) is 47.5 Å². The quantitative estimate of drug-likeness (QED) is 0.0211. The van der Waals surface area contributed by atoms with Crippen molar-refractivity contribution < 1.29 is 42.9 Å². The van der Waals surface area contributed by atoms with Gasteiger partial charge in [0.15, 0.2) is 6.10 Å². The van der Waals surface area contributed by atoms with Crippen molar-refractivity contribution in [1.29, 1.82) is 0 Å². The van der Waals surface area contributed by atoms with Gasteiger partial charge in [0.1, 0.15) is 13.2 Å². The maximum Gasteiger partial charge on any atom is 0.361 e. The van der Waals surface area contributed by atoms with E-state index >= 15 is 0 Å². The van der Waals surface area contributed by atoms with Gasteiger partial charge in [-0.2, -0.15) is 0 Å². The van der Waals surface area contributed by atoms with Crippen LogP contribution < -0.4 is 0 Å². The molecule has 0 aliphatic heterocycles. The van der Waals surface area contributed by atoms with Crippen LogP contribution in [-0.2, 0) is 33.3 Å². The molecule has 2 unspecified atom stereocenters. The lowest BCUT2D eigenvalue weighted by molar-refractivity contribution is -0.870. The molecule has 2 atom stereocenters. The van der Waals surface area contributed by atoms with Crippen molar-refractivity contribution in [3.8, 4) is 0 Å². The molecule has 0 aromatic heterocycles. The topological polar surface area (TPSA) is 108 Å². The highest BCUT2D eigenvalue weighted by atomic mass is 16.7. The van der Waals surface area contributed by atoms with E-state index in [0.29, 0.717) is 17.4 Å². The van der Waals surface area contributed by atoms with Crippen LogP contribution in [0, 0.1) is 0 Å². The summed E-state index contributed by atoms with van der Waals surface area (Å²) in [4.78, 5) is 37.8. The number of quaternary nitrogens is 1. The van der Waals surface area contributed by atoms with E-state index in [1.165, 1.54) is 360 Å². The summed E-state index contributed by atoms with van der Waals surface area (Å²) in [7, 11) is 6.00. The smallest absolute Gasteiger partial charge is 0.361 e. The average molecular weight is 1340 g/mol. The summed E-state index contributed by atoms with van der Waals surface area (Å²) in [6, 6.07) is 0. The van der Waals surface area contributed by atoms with Crippen molar-refractivity contribution in [2.24, 2.45) is 0 Å². The standard InChI is InChI=1S/C86H163NO8/c1-6-8-10-12-14-16-18-20-22-24-26-28-30-32-34-36-38-40-41-42-43-45-47-49-51-53-55-57-59-61-63-65-67-69-71-73-75-77-84(89)95-82(81-94-86(85(90)91)92-79-78-87(3,4)5)80-93-83(88)76-74-72-70-68-66-64-62-60-58-56-54-52-50-48-46-44-39-37-35-33-31-29-27-25-23-21-19-17-15-13-11-9-7-2/h18,20,24,26,30,32,82,86H,6-17,19,21-23,25,27-29,31,33-81H2,1-5H3/p+1/b20-18-,26-24-,32-30-. The Bertz CT molecular complexity index is 1650. The number of nitrogens with zero attached hydrogens (tertiary/aromatic N) is 1. The Labute approximate surface area is 591 Å². The van der Waals surface area contributed by atoms with Gasteiger partial charge in [-0.15, -0.1) is 0 Å². The van der Waals surface area contributed by atoms with Crippen molar-refractivity contribution in [2.45, 2.75) is 450 Å².